The summed E-state index contributed by atoms with van der Waals surface area (Å²) in [6, 6.07) is -0.104. The third kappa shape index (κ3) is 3.00. The van der Waals surface area contributed by atoms with Gasteiger partial charge in [-0.2, -0.15) is 16.7 Å². The van der Waals surface area contributed by atoms with Crippen molar-refractivity contribution in [3.8, 4) is 0 Å². The summed E-state index contributed by atoms with van der Waals surface area (Å²) in [6.45, 7) is 2.08. The third-order valence-electron chi connectivity index (χ3n) is 1.67. The van der Waals surface area contributed by atoms with Crippen LogP contribution in [0.25, 0.3) is 0 Å². The predicted molar refractivity (Wildman–Crippen MR) is 53.4 cm³/mol. The van der Waals surface area contributed by atoms with Crippen molar-refractivity contribution in [2.45, 2.75) is 31.6 Å². The molecule has 0 aromatic carbocycles. The fourth-order valence-corrected chi connectivity index (χ4v) is 1.42. The molecule has 1 aromatic rings. The predicted octanol–water partition coefficient (Wildman–Crippen LogP) is 1.73. The second-order valence-corrected chi connectivity index (χ2v) is 3.74. The van der Waals surface area contributed by atoms with E-state index in [1.807, 2.05) is 6.26 Å². The second-order valence-electron chi connectivity index (χ2n) is 2.88. The molecule has 1 heterocycles. The second kappa shape index (κ2) is 5.24. The number of nitrogens with zero attached hydrogens (tertiary/aromatic N) is 2. The number of hydrogen-bond acceptors (Lipinski definition) is 5. The highest BCUT2D eigenvalue weighted by molar-refractivity contribution is 7.97. The average molecular weight is 201 g/mol. The molecule has 1 aromatic heterocycles. The third-order valence-corrected chi connectivity index (χ3v) is 2.22. The zero-order valence-electron chi connectivity index (χ0n) is 7.99. The topological polar surface area (TPSA) is 64.9 Å². The van der Waals surface area contributed by atoms with Gasteiger partial charge in [0, 0.05) is 0 Å². The zero-order chi connectivity index (χ0) is 9.68. The molecule has 4 nitrogen and oxygen atoms in total. The Bertz CT molecular complexity index is 251. The van der Waals surface area contributed by atoms with Crippen LogP contribution in [0.1, 0.15) is 37.5 Å². The van der Waals surface area contributed by atoms with E-state index < -0.39 is 0 Å². The maximum atomic E-state index is 5.81. The Morgan fingerprint density at radius 3 is 3.00 bits per heavy atom. The van der Waals surface area contributed by atoms with Gasteiger partial charge in [0.25, 0.3) is 0 Å². The van der Waals surface area contributed by atoms with Crippen LogP contribution in [0.15, 0.2) is 4.52 Å². The van der Waals surface area contributed by atoms with E-state index in [-0.39, 0.29) is 6.04 Å². The van der Waals surface area contributed by atoms with Crippen molar-refractivity contribution in [1.82, 2.24) is 10.1 Å². The lowest BCUT2D eigenvalue weighted by molar-refractivity contribution is 0.345. The minimum Gasteiger partial charge on any atom is -0.338 e. The van der Waals surface area contributed by atoms with Crippen molar-refractivity contribution in [3.63, 3.8) is 0 Å². The maximum Gasteiger partial charge on any atom is 0.243 e. The van der Waals surface area contributed by atoms with Crippen LogP contribution in [-0.4, -0.2) is 16.4 Å². The maximum absolute atomic E-state index is 5.81. The Hall–Kier alpha value is -0.550. The minimum absolute atomic E-state index is 0.104. The van der Waals surface area contributed by atoms with Gasteiger partial charge in [0.2, 0.25) is 5.89 Å². The first-order chi connectivity index (χ1) is 6.27. The van der Waals surface area contributed by atoms with Crippen LogP contribution in [0.5, 0.6) is 0 Å². The molecule has 2 N–H and O–H groups in total. The van der Waals surface area contributed by atoms with Gasteiger partial charge in [-0.3, -0.25) is 0 Å². The average Bonchev–Trinajstić information content (AvgIpc) is 2.54. The van der Waals surface area contributed by atoms with E-state index in [2.05, 4.69) is 17.1 Å². The molecule has 0 radical (unpaired) electrons. The Morgan fingerprint density at radius 2 is 2.38 bits per heavy atom. The van der Waals surface area contributed by atoms with Crippen LogP contribution < -0.4 is 5.73 Å². The van der Waals surface area contributed by atoms with E-state index >= 15 is 0 Å². The van der Waals surface area contributed by atoms with Crippen LogP contribution in [0.4, 0.5) is 0 Å². The Kier molecular flexibility index (Phi) is 4.24. The fraction of sp³-hybridized carbons (Fsp3) is 0.750. The minimum atomic E-state index is -0.104. The van der Waals surface area contributed by atoms with Crippen molar-refractivity contribution in [3.05, 3.63) is 11.7 Å². The first kappa shape index (κ1) is 10.5. The van der Waals surface area contributed by atoms with Gasteiger partial charge in [-0.25, -0.2) is 0 Å². The van der Waals surface area contributed by atoms with E-state index in [9.17, 15) is 0 Å². The van der Waals surface area contributed by atoms with Gasteiger partial charge < -0.3 is 10.3 Å². The Balaban J connectivity index is 2.56. The molecule has 0 bridgehead atoms. The van der Waals surface area contributed by atoms with Crippen molar-refractivity contribution in [2.75, 3.05) is 6.26 Å². The quantitative estimate of drug-likeness (QED) is 0.786. The summed E-state index contributed by atoms with van der Waals surface area (Å²) >= 11 is 1.67. The van der Waals surface area contributed by atoms with Crippen LogP contribution in [0.2, 0.25) is 0 Å². The number of rotatable bonds is 5. The van der Waals surface area contributed by atoms with E-state index in [1.165, 1.54) is 0 Å². The molecule has 1 unspecified atom stereocenters. The molecule has 0 fully saturated rings. The molecule has 0 saturated carbocycles. The van der Waals surface area contributed by atoms with E-state index in [1.54, 1.807) is 11.8 Å². The number of hydrogen-bond donors (Lipinski definition) is 1. The summed E-state index contributed by atoms with van der Waals surface area (Å²) in [6.07, 6.45) is 3.92. The molecule has 0 aliphatic heterocycles. The van der Waals surface area contributed by atoms with Crippen LogP contribution in [0, 0.1) is 0 Å². The molecule has 0 aliphatic rings. The molecule has 0 amide bonds. The van der Waals surface area contributed by atoms with E-state index in [0.29, 0.717) is 5.89 Å². The SMILES string of the molecule is CCCC(N)c1nc(CSC)no1. The summed E-state index contributed by atoms with van der Waals surface area (Å²) in [5.74, 6) is 2.07. The zero-order valence-corrected chi connectivity index (χ0v) is 8.80. The molecular weight excluding hydrogens is 186 g/mol. The van der Waals surface area contributed by atoms with Crippen LogP contribution in [0.3, 0.4) is 0 Å². The first-order valence-electron chi connectivity index (χ1n) is 4.35. The largest absolute Gasteiger partial charge is 0.338 e. The van der Waals surface area contributed by atoms with Crippen molar-refractivity contribution < 1.29 is 4.52 Å². The highest BCUT2D eigenvalue weighted by Gasteiger charge is 2.12. The van der Waals surface area contributed by atoms with Gasteiger partial charge in [0.15, 0.2) is 5.82 Å². The molecule has 13 heavy (non-hydrogen) atoms. The highest BCUT2D eigenvalue weighted by Crippen LogP contribution is 2.14. The van der Waals surface area contributed by atoms with E-state index in [0.717, 1.165) is 24.4 Å². The van der Waals surface area contributed by atoms with Gasteiger partial charge >= 0.3 is 0 Å². The summed E-state index contributed by atoms with van der Waals surface area (Å²) < 4.78 is 5.03. The molecule has 0 saturated heterocycles. The lowest BCUT2D eigenvalue weighted by atomic mass is 10.2. The molecule has 1 rings (SSSR count). The van der Waals surface area contributed by atoms with Crippen LogP contribution in [-0.2, 0) is 5.75 Å². The van der Waals surface area contributed by atoms with Gasteiger partial charge in [-0.1, -0.05) is 18.5 Å². The van der Waals surface area contributed by atoms with Crippen molar-refractivity contribution in [1.29, 1.82) is 0 Å². The standard InChI is InChI=1S/C8H15N3OS/c1-3-4-6(9)8-10-7(5-13-2)11-12-8/h6H,3-5,9H2,1-2H3. The van der Waals surface area contributed by atoms with Crippen LogP contribution >= 0.6 is 11.8 Å². The number of thioether (sulfide) groups is 1. The van der Waals surface area contributed by atoms with Crippen molar-refractivity contribution in [2.24, 2.45) is 5.73 Å². The molecule has 74 valence electrons. The summed E-state index contributed by atoms with van der Waals surface area (Å²) in [5, 5.41) is 3.82. The molecule has 0 spiro atoms. The first-order valence-corrected chi connectivity index (χ1v) is 5.74. The van der Waals surface area contributed by atoms with Gasteiger partial charge in [0.05, 0.1) is 11.8 Å². The molecule has 1 atom stereocenters. The Morgan fingerprint density at radius 1 is 1.62 bits per heavy atom. The van der Waals surface area contributed by atoms with E-state index in [4.69, 9.17) is 10.3 Å². The van der Waals surface area contributed by atoms with Gasteiger partial charge in [-0.05, 0) is 12.7 Å². The summed E-state index contributed by atoms with van der Waals surface area (Å²) in [7, 11) is 0. The molecular formula is C8H15N3OS. The Labute approximate surface area is 82.3 Å². The smallest absolute Gasteiger partial charge is 0.243 e. The lowest BCUT2D eigenvalue weighted by Crippen LogP contribution is -2.10. The summed E-state index contributed by atoms with van der Waals surface area (Å²) in [5.41, 5.74) is 5.81. The van der Waals surface area contributed by atoms with Crippen molar-refractivity contribution >= 4 is 11.8 Å². The highest BCUT2D eigenvalue weighted by atomic mass is 32.2. The molecule has 5 heteroatoms. The fourth-order valence-electron chi connectivity index (χ4n) is 1.04. The summed E-state index contributed by atoms with van der Waals surface area (Å²) in [4.78, 5) is 4.19. The lowest BCUT2D eigenvalue weighted by Gasteiger charge is -2.01. The van der Waals surface area contributed by atoms with Gasteiger partial charge in [-0.15, -0.1) is 0 Å². The number of aromatic nitrogens is 2. The number of nitrogens with two attached hydrogens (primary N) is 1. The van der Waals surface area contributed by atoms with Gasteiger partial charge in [0.1, 0.15) is 0 Å². The monoisotopic (exact) mass is 201 g/mol. The molecule has 0 aliphatic carbocycles. The normalized spacial score (nSPS) is 13.2.